The molecule has 9 heteroatoms. The van der Waals surface area contributed by atoms with Gasteiger partial charge in [-0.25, -0.2) is 4.79 Å². The lowest BCUT2D eigenvalue weighted by molar-refractivity contribution is -0.870. The van der Waals surface area contributed by atoms with E-state index in [4.69, 9.17) is 18.9 Å². The van der Waals surface area contributed by atoms with Crippen LogP contribution >= 0.6 is 0 Å². The van der Waals surface area contributed by atoms with E-state index in [0.717, 1.165) is 83.5 Å². The maximum Gasteiger partial charge on any atom is 0.361 e. The van der Waals surface area contributed by atoms with E-state index in [1.807, 2.05) is 21.1 Å². The Hall–Kier alpha value is -3.79. The van der Waals surface area contributed by atoms with Gasteiger partial charge in [0.15, 0.2) is 6.10 Å². The van der Waals surface area contributed by atoms with Crippen LogP contribution in [0.3, 0.4) is 0 Å². The number of nitrogens with zero attached hydrogens (tertiary/aromatic N) is 1. The first kappa shape index (κ1) is 87.2. The minimum absolute atomic E-state index is 0.175. The third-order valence-electron chi connectivity index (χ3n) is 16.9. The Morgan fingerprint density at radius 3 is 0.934 bits per heavy atom. The van der Waals surface area contributed by atoms with E-state index in [0.29, 0.717) is 23.9 Å². The van der Waals surface area contributed by atoms with Crippen LogP contribution in [0.2, 0.25) is 0 Å². The van der Waals surface area contributed by atoms with E-state index in [1.54, 1.807) is 0 Å². The van der Waals surface area contributed by atoms with Crippen LogP contribution in [0.5, 0.6) is 0 Å². The molecule has 0 heterocycles. The molecule has 2 unspecified atom stereocenters. The number of carbonyl (C=O) groups is 3. The molecule has 9 nitrogen and oxygen atoms in total. The summed E-state index contributed by atoms with van der Waals surface area (Å²) in [5.74, 6) is -2.06. The second kappa shape index (κ2) is 72.0. The molecule has 0 radical (unpaired) electrons. The number of carboxylic acid groups (broad SMARTS) is 1. The molecule has 0 bridgehead atoms. The van der Waals surface area contributed by atoms with Crippen molar-refractivity contribution in [3.8, 4) is 0 Å². The van der Waals surface area contributed by atoms with Crippen molar-refractivity contribution in [3.05, 3.63) is 97.2 Å². The van der Waals surface area contributed by atoms with Crippen LogP contribution < -0.4 is 0 Å². The molecule has 0 rings (SSSR count). The number of carbonyl (C=O) groups excluding carboxylic acids is 2. The van der Waals surface area contributed by atoms with E-state index in [-0.39, 0.29) is 32.2 Å². The summed E-state index contributed by atoms with van der Waals surface area (Å²) in [6.07, 6.45) is 97.2. The highest BCUT2D eigenvalue weighted by molar-refractivity contribution is 5.71. The Morgan fingerprint density at radius 1 is 0.341 bits per heavy atom. The number of rotatable bonds is 71. The zero-order valence-electron chi connectivity index (χ0n) is 60.2. The molecule has 91 heavy (non-hydrogen) atoms. The fourth-order valence-corrected chi connectivity index (χ4v) is 11.0. The topological polar surface area (TPSA) is 108 Å². The van der Waals surface area contributed by atoms with Crippen LogP contribution in [0.1, 0.15) is 348 Å². The molecular weight excluding hydrogens is 1130 g/mol. The summed E-state index contributed by atoms with van der Waals surface area (Å²) in [7, 11) is 5.96. The number of quaternary nitrogens is 1. The highest BCUT2D eigenvalue weighted by Gasteiger charge is 2.25. The zero-order chi connectivity index (χ0) is 66.1. The summed E-state index contributed by atoms with van der Waals surface area (Å²) < 4.78 is 22.9. The van der Waals surface area contributed by atoms with Gasteiger partial charge in [0.25, 0.3) is 6.29 Å². The number of hydrogen-bond acceptors (Lipinski definition) is 7. The number of unbranched alkanes of at least 4 members (excludes halogenated alkanes) is 40. The Balaban J connectivity index is 4.05. The molecule has 0 aromatic rings. The smallest absolute Gasteiger partial charge is 0.361 e. The van der Waals surface area contributed by atoms with Crippen LogP contribution in [-0.4, -0.2) is 87.4 Å². The van der Waals surface area contributed by atoms with Crippen LogP contribution in [0.4, 0.5) is 0 Å². The molecule has 0 aliphatic carbocycles. The third kappa shape index (κ3) is 73.5. The molecular formula is C82H146NO8+. The number of aliphatic carboxylic acids is 1. The predicted octanol–water partition coefficient (Wildman–Crippen LogP) is 24.4. The van der Waals surface area contributed by atoms with Crippen LogP contribution in [0.25, 0.3) is 0 Å². The number of carboxylic acids is 1. The fraction of sp³-hybridized carbons (Fsp3) is 0.768. The number of hydrogen-bond donors (Lipinski definition) is 1. The van der Waals surface area contributed by atoms with Gasteiger partial charge in [0.05, 0.1) is 34.4 Å². The first-order chi connectivity index (χ1) is 44.6. The van der Waals surface area contributed by atoms with Gasteiger partial charge in [-0.2, -0.15) is 0 Å². The first-order valence-electron chi connectivity index (χ1n) is 38.4. The molecule has 0 saturated heterocycles. The van der Waals surface area contributed by atoms with Crippen molar-refractivity contribution in [2.45, 2.75) is 360 Å². The molecule has 0 aromatic heterocycles. The van der Waals surface area contributed by atoms with Crippen molar-refractivity contribution in [2.24, 2.45) is 0 Å². The highest BCUT2D eigenvalue weighted by atomic mass is 16.7. The molecule has 0 aromatic carbocycles. The van der Waals surface area contributed by atoms with Crippen LogP contribution in [0, 0.1) is 0 Å². The van der Waals surface area contributed by atoms with Crippen molar-refractivity contribution in [1.29, 1.82) is 0 Å². The lowest BCUT2D eigenvalue weighted by atomic mass is 10.0. The Labute approximate surface area is 562 Å². The Kier molecular flexibility index (Phi) is 69.0. The monoisotopic (exact) mass is 1270 g/mol. The van der Waals surface area contributed by atoms with E-state index in [9.17, 15) is 19.5 Å². The van der Waals surface area contributed by atoms with E-state index >= 15 is 0 Å². The molecule has 0 amide bonds. The second-order valence-corrected chi connectivity index (χ2v) is 26.9. The predicted molar refractivity (Wildman–Crippen MR) is 392 cm³/mol. The summed E-state index contributed by atoms with van der Waals surface area (Å²) in [4.78, 5) is 37.6. The van der Waals surface area contributed by atoms with Crippen molar-refractivity contribution in [3.63, 3.8) is 0 Å². The second-order valence-electron chi connectivity index (χ2n) is 26.9. The van der Waals surface area contributed by atoms with Gasteiger partial charge in [-0.3, -0.25) is 9.59 Å². The summed E-state index contributed by atoms with van der Waals surface area (Å²) in [5.41, 5.74) is 0. The average Bonchev–Trinajstić information content (AvgIpc) is 3.46. The van der Waals surface area contributed by atoms with Gasteiger partial charge in [-0.1, -0.05) is 355 Å². The largest absolute Gasteiger partial charge is 0.477 e. The molecule has 1 N–H and O–H groups in total. The van der Waals surface area contributed by atoms with Gasteiger partial charge in [0.2, 0.25) is 0 Å². The van der Waals surface area contributed by atoms with Crippen molar-refractivity contribution >= 4 is 17.9 Å². The van der Waals surface area contributed by atoms with Crippen LogP contribution in [-0.2, 0) is 33.3 Å². The van der Waals surface area contributed by atoms with Gasteiger partial charge >= 0.3 is 17.9 Å². The molecule has 0 spiro atoms. The number of esters is 2. The quantitative estimate of drug-likeness (QED) is 0.0211. The van der Waals surface area contributed by atoms with Crippen molar-refractivity contribution < 1.29 is 42.9 Å². The van der Waals surface area contributed by atoms with Gasteiger partial charge in [0, 0.05) is 12.8 Å². The average molecular weight is 1270 g/mol. The van der Waals surface area contributed by atoms with E-state index in [1.165, 1.54) is 231 Å². The molecule has 0 saturated carbocycles. The molecule has 2 atom stereocenters. The molecule has 0 aliphatic rings. The summed E-state index contributed by atoms with van der Waals surface area (Å²) in [6.45, 7) is 4.75. The zero-order valence-corrected chi connectivity index (χ0v) is 60.2. The van der Waals surface area contributed by atoms with Crippen molar-refractivity contribution in [2.75, 3.05) is 47.5 Å². The summed E-state index contributed by atoms with van der Waals surface area (Å²) in [6, 6.07) is 0. The summed E-state index contributed by atoms with van der Waals surface area (Å²) >= 11 is 0. The lowest BCUT2D eigenvalue weighted by Gasteiger charge is -2.25. The molecule has 526 valence electrons. The number of allylic oxidation sites excluding steroid dienone is 16. The third-order valence-corrected chi connectivity index (χ3v) is 16.9. The molecule has 0 fully saturated rings. The minimum Gasteiger partial charge on any atom is -0.477 e. The fourth-order valence-electron chi connectivity index (χ4n) is 11.0. The normalized spacial score (nSPS) is 13.2. The SMILES string of the molecule is CC/C=C\C/C=C\C/C=C\C/C=C\C/C=C\C/C=C\C/C=C\C/C=C\CCCCC(=O)OC(COC(=O)CCCCCCCCCCCCCCCCCCCCCCCCCCCCCCCCCCCCCCCCC)COC(OCC[N+](C)(C)C)C(=O)O. The van der Waals surface area contributed by atoms with Gasteiger partial charge < -0.3 is 28.5 Å². The lowest BCUT2D eigenvalue weighted by Crippen LogP contribution is -2.40. The molecule has 0 aliphatic heterocycles. The van der Waals surface area contributed by atoms with Gasteiger partial charge in [0.1, 0.15) is 13.2 Å². The number of likely N-dealkylation sites (N-methyl/N-ethyl adjacent to an activating group) is 1. The van der Waals surface area contributed by atoms with Gasteiger partial charge in [-0.15, -0.1) is 0 Å². The Bertz CT molecular complexity index is 1820. The van der Waals surface area contributed by atoms with E-state index in [2.05, 4.69) is 111 Å². The first-order valence-corrected chi connectivity index (χ1v) is 38.4. The summed E-state index contributed by atoms with van der Waals surface area (Å²) in [5, 5.41) is 9.75. The standard InChI is InChI=1S/C82H145NO8/c1-6-8-10-12-14-16-18-20-22-24-26-28-30-32-34-35-36-37-38-39-40-41-42-43-44-45-47-48-50-52-54-56-58-60-62-64-66-68-70-72-79(84)89-76-78(77-90-82(81(86)87)88-75-74-83(3,4)5)91-80(85)73-71-69-67-65-63-61-59-57-55-53-51-49-46-33-31-29-27-25-23-21-19-17-15-13-11-9-7-2/h9,11,15,17,21,23,27,29,33,46,51,53,57,59,63,65,78,82H,6-8,10,12-14,16,18-20,22,24-26,28,30-32,34-45,47-50,52,54-56,58,60-62,64,66-77H2,1-5H3/p+1/b11-9-,17-15-,23-21-,29-27-,46-33-,53-51-,59-57-,65-63-. The van der Waals surface area contributed by atoms with E-state index < -0.39 is 24.3 Å². The van der Waals surface area contributed by atoms with Gasteiger partial charge in [-0.05, 0) is 77.0 Å². The number of ether oxygens (including phenoxy) is 4. The minimum atomic E-state index is -1.53. The van der Waals surface area contributed by atoms with Crippen LogP contribution in [0.15, 0.2) is 97.2 Å². The van der Waals surface area contributed by atoms with Crippen molar-refractivity contribution in [1.82, 2.24) is 0 Å². The Morgan fingerprint density at radius 2 is 0.626 bits per heavy atom. The maximum absolute atomic E-state index is 12.9. The highest BCUT2D eigenvalue weighted by Crippen LogP contribution is 2.19. The maximum atomic E-state index is 12.9.